The summed E-state index contributed by atoms with van der Waals surface area (Å²) in [7, 11) is -4.26. The van der Waals surface area contributed by atoms with E-state index in [-0.39, 0.29) is 45.5 Å². The quantitative estimate of drug-likeness (QED) is 0.159. The molecule has 0 bridgehead atoms. The van der Waals surface area contributed by atoms with Crippen LogP contribution < -0.4 is 9.62 Å². The average Bonchev–Trinajstić information content (AvgIpc) is 3.56. The molecule has 5 rings (SSSR count). The third kappa shape index (κ3) is 8.96. The molecule has 1 aliphatic rings. The first-order valence-electron chi connectivity index (χ1n) is 15.4. The maximum atomic E-state index is 14.6. The predicted molar refractivity (Wildman–Crippen MR) is 191 cm³/mol. The number of carbonyl (C=O) groups excluding carboxylic acids is 2. The summed E-state index contributed by atoms with van der Waals surface area (Å²) in [5.41, 5.74) is 2.71. The number of amides is 2. The molecule has 4 aromatic rings. The fourth-order valence-corrected chi connectivity index (χ4v) is 7.90. The minimum atomic E-state index is -4.26. The Bertz CT molecular complexity index is 1820. The zero-order valence-corrected chi connectivity index (χ0v) is 29.8. The van der Waals surface area contributed by atoms with Gasteiger partial charge in [-0.2, -0.15) is 0 Å². The van der Waals surface area contributed by atoms with Crippen molar-refractivity contribution in [2.75, 3.05) is 10.8 Å². The smallest absolute Gasteiger partial charge is 0.264 e. The van der Waals surface area contributed by atoms with Crippen LogP contribution in [0.15, 0.2) is 106 Å². The third-order valence-corrected chi connectivity index (χ3v) is 11.3. The Morgan fingerprint density at radius 1 is 0.872 bits per heavy atom. The van der Waals surface area contributed by atoms with Crippen molar-refractivity contribution in [2.45, 2.75) is 62.6 Å². The van der Waals surface area contributed by atoms with Crippen molar-refractivity contribution in [2.24, 2.45) is 0 Å². The predicted octanol–water partition coefficient (Wildman–Crippen LogP) is 7.96. The van der Waals surface area contributed by atoms with Gasteiger partial charge in [0.05, 0.1) is 20.6 Å². The van der Waals surface area contributed by atoms with Gasteiger partial charge in [-0.15, -0.1) is 0 Å². The van der Waals surface area contributed by atoms with E-state index in [1.807, 2.05) is 61.5 Å². The average molecular weight is 758 g/mol. The topological polar surface area (TPSA) is 86.8 Å². The second kappa shape index (κ2) is 15.7. The molecule has 2 amide bonds. The molecular weight excluding hydrogens is 721 g/mol. The maximum absolute atomic E-state index is 14.6. The monoisotopic (exact) mass is 755 g/mol. The van der Waals surface area contributed by atoms with Crippen molar-refractivity contribution >= 4 is 66.7 Å². The second-order valence-electron chi connectivity index (χ2n) is 11.8. The lowest BCUT2D eigenvalue weighted by atomic mass is 10.0. The van der Waals surface area contributed by atoms with Gasteiger partial charge in [0, 0.05) is 23.5 Å². The molecule has 246 valence electrons. The summed E-state index contributed by atoms with van der Waals surface area (Å²) < 4.78 is 30.3. The van der Waals surface area contributed by atoms with E-state index in [2.05, 4.69) is 21.2 Å². The summed E-state index contributed by atoms with van der Waals surface area (Å²) in [6, 6.07) is 27.0. The summed E-state index contributed by atoms with van der Waals surface area (Å²) in [5.74, 6) is -0.819. The van der Waals surface area contributed by atoms with Gasteiger partial charge >= 0.3 is 0 Å². The van der Waals surface area contributed by atoms with Crippen LogP contribution in [0.5, 0.6) is 0 Å². The zero-order chi connectivity index (χ0) is 33.6. The number of anilines is 1. The summed E-state index contributed by atoms with van der Waals surface area (Å²) >= 11 is 16.1. The van der Waals surface area contributed by atoms with Gasteiger partial charge in [0.2, 0.25) is 11.8 Å². The first-order chi connectivity index (χ1) is 22.5. The van der Waals surface area contributed by atoms with Crippen LogP contribution >= 0.6 is 39.1 Å². The van der Waals surface area contributed by atoms with E-state index < -0.39 is 28.5 Å². The molecule has 0 saturated heterocycles. The van der Waals surface area contributed by atoms with Crippen molar-refractivity contribution in [3.8, 4) is 0 Å². The van der Waals surface area contributed by atoms with Crippen LogP contribution in [0.4, 0.5) is 5.69 Å². The number of aryl methyl sites for hydroxylation is 1. The van der Waals surface area contributed by atoms with Gasteiger partial charge in [0.1, 0.15) is 12.6 Å². The SMILES string of the molecule is Cc1ccc(S(=O)(=O)N(CC(=O)N(Cc2cccc(Br)c2)[C@@H](Cc2ccccc2)C(=O)NC2CCCC2)c2ccc(Cl)c(Cl)c2)cc1. The lowest BCUT2D eigenvalue weighted by molar-refractivity contribution is -0.140. The fraction of sp³-hybridized carbons (Fsp3) is 0.278. The molecule has 0 aromatic heterocycles. The van der Waals surface area contributed by atoms with Gasteiger partial charge in [-0.3, -0.25) is 13.9 Å². The number of carbonyl (C=O) groups is 2. The van der Waals surface area contributed by atoms with Crippen LogP contribution in [0.1, 0.15) is 42.4 Å². The van der Waals surface area contributed by atoms with E-state index in [4.69, 9.17) is 23.2 Å². The van der Waals surface area contributed by atoms with E-state index in [0.29, 0.717) is 0 Å². The number of sulfonamides is 1. The number of halogens is 3. The number of nitrogens with zero attached hydrogens (tertiary/aromatic N) is 2. The second-order valence-corrected chi connectivity index (χ2v) is 15.4. The molecule has 0 unspecified atom stereocenters. The molecule has 47 heavy (non-hydrogen) atoms. The summed E-state index contributed by atoms with van der Waals surface area (Å²) in [6.45, 7) is 1.36. The Balaban J connectivity index is 1.58. The molecule has 1 aliphatic carbocycles. The zero-order valence-electron chi connectivity index (χ0n) is 25.9. The Hall–Kier alpha value is -3.37. The Labute approximate surface area is 295 Å². The van der Waals surface area contributed by atoms with Crippen LogP contribution in [-0.2, 0) is 32.6 Å². The maximum Gasteiger partial charge on any atom is 0.264 e. The molecule has 1 N–H and O–H groups in total. The molecule has 1 fully saturated rings. The van der Waals surface area contributed by atoms with Crippen LogP contribution in [0.2, 0.25) is 10.0 Å². The highest BCUT2D eigenvalue weighted by Crippen LogP contribution is 2.31. The molecule has 4 aromatic carbocycles. The number of rotatable bonds is 12. The Morgan fingerprint density at radius 2 is 1.55 bits per heavy atom. The molecule has 0 heterocycles. The standard InChI is InChI=1S/C36H36BrCl2N3O4S/c1-25-14-17-31(18-15-25)47(45,46)42(30-16-19-32(38)33(39)22-30)24-35(43)41(23-27-10-7-11-28(37)20-27)34(21-26-8-3-2-4-9-26)36(44)40-29-12-5-6-13-29/h2-4,7-11,14-20,22,29,34H,5-6,12-13,21,23-24H2,1H3,(H,40,44)/t34-/m0/s1. The first kappa shape index (κ1) is 35.0. The summed E-state index contributed by atoms with van der Waals surface area (Å²) in [6.07, 6.45) is 4.07. The van der Waals surface area contributed by atoms with Crippen LogP contribution in [0, 0.1) is 6.92 Å². The minimum Gasteiger partial charge on any atom is -0.352 e. The Kier molecular flexibility index (Phi) is 11.7. The lowest BCUT2D eigenvalue weighted by Crippen LogP contribution is -2.54. The van der Waals surface area contributed by atoms with Crippen molar-refractivity contribution in [1.82, 2.24) is 10.2 Å². The van der Waals surface area contributed by atoms with Gasteiger partial charge in [-0.1, -0.05) is 112 Å². The third-order valence-electron chi connectivity index (χ3n) is 8.29. The summed E-state index contributed by atoms with van der Waals surface area (Å²) in [4.78, 5) is 30.3. The van der Waals surface area contributed by atoms with E-state index >= 15 is 0 Å². The van der Waals surface area contributed by atoms with Crippen molar-refractivity contribution in [3.63, 3.8) is 0 Å². The number of benzene rings is 4. The van der Waals surface area contributed by atoms with Gasteiger partial charge in [-0.05, 0) is 73.4 Å². The molecule has 7 nitrogen and oxygen atoms in total. The van der Waals surface area contributed by atoms with Crippen LogP contribution in [0.25, 0.3) is 0 Å². The van der Waals surface area contributed by atoms with Gasteiger partial charge in [-0.25, -0.2) is 8.42 Å². The van der Waals surface area contributed by atoms with E-state index in [9.17, 15) is 18.0 Å². The van der Waals surface area contributed by atoms with Crippen molar-refractivity contribution in [3.05, 3.63) is 128 Å². The van der Waals surface area contributed by atoms with Crippen LogP contribution in [0.3, 0.4) is 0 Å². The minimum absolute atomic E-state index is 0.0142. The normalized spacial score (nSPS) is 14.0. The summed E-state index contributed by atoms with van der Waals surface area (Å²) in [5, 5.41) is 3.58. The van der Waals surface area contributed by atoms with E-state index in [1.54, 1.807) is 12.1 Å². The Morgan fingerprint density at radius 3 is 2.21 bits per heavy atom. The molecule has 0 radical (unpaired) electrons. The van der Waals surface area contributed by atoms with Gasteiger partial charge in [0.15, 0.2) is 0 Å². The highest BCUT2D eigenvalue weighted by molar-refractivity contribution is 9.10. The first-order valence-corrected chi connectivity index (χ1v) is 18.4. The fourth-order valence-electron chi connectivity index (χ4n) is 5.76. The molecule has 11 heteroatoms. The molecule has 0 spiro atoms. The van der Waals surface area contributed by atoms with Crippen LogP contribution in [-0.4, -0.2) is 43.8 Å². The largest absolute Gasteiger partial charge is 0.352 e. The molecule has 0 aliphatic heterocycles. The highest BCUT2D eigenvalue weighted by atomic mass is 79.9. The van der Waals surface area contributed by atoms with Crippen molar-refractivity contribution in [1.29, 1.82) is 0 Å². The highest BCUT2D eigenvalue weighted by Gasteiger charge is 2.35. The van der Waals surface area contributed by atoms with Gasteiger partial charge < -0.3 is 10.2 Å². The van der Waals surface area contributed by atoms with E-state index in [0.717, 1.165) is 51.2 Å². The lowest BCUT2D eigenvalue weighted by Gasteiger charge is -2.34. The van der Waals surface area contributed by atoms with Gasteiger partial charge in [0.25, 0.3) is 10.0 Å². The molecule has 1 saturated carbocycles. The number of hydrogen-bond acceptors (Lipinski definition) is 4. The van der Waals surface area contributed by atoms with E-state index in [1.165, 1.54) is 35.2 Å². The molecular formula is C36H36BrCl2N3O4S. The van der Waals surface area contributed by atoms with Crippen molar-refractivity contribution < 1.29 is 18.0 Å². The number of hydrogen-bond donors (Lipinski definition) is 1. The number of nitrogens with one attached hydrogen (secondary N) is 1. The molecule has 1 atom stereocenters.